The van der Waals surface area contributed by atoms with Crippen molar-refractivity contribution in [3.05, 3.63) is 64.7 Å². The standard InChI is InChI=1S/C23H26O7/c1-3-27-17-8-5-14(6-9-17)10-15-11-16(7-4-13(15)2)23-20(26)18(24)19(25)22(30-23)12-28-21(22)29-23/h4-9,11,18-21,24-26H,3,10,12H2,1-2H3/t18-,19-,20+,21?,22+,23-/m0/s1. The predicted molar refractivity (Wildman–Crippen MR) is 106 cm³/mol. The Labute approximate surface area is 174 Å². The zero-order chi connectivity index (χ0) is 21.1. The Kier molecular flexibility index (Phi) is 4.66. The Morgan fingerprint density at radius 2 is 1.83 bits per heavy atom. The van der Waals surface area contributed by atoms with Crippen molar-refractivity contribution < 1.29 is 34.3 Å². The zero-order valence-corrected chi connectivity index (χ0v) is 16.9. The van der Waals surface area contributed by atoms with Crippen LogP contribution in [0, 0.1) is 6.92 Å². The van der Waals surface area contributed by atoms with Gasteiger partial charge in [-0.2, -0.15) is 0 Å². The van der Waals surface area contributed by atoms with Gasteiger partial charge >= 0.3 is 0 Å². The normalized spacial score (nSPS) is 36.8. The highest BCUT2D eigenvalue weighted by molar-refractivity contribution is 5.40. The summed E-state index contributed by atoms with van der Waals surface area (Å²) in [4.78, 5) is 0. The molecule has 3 N–H and O–H groups in total. The van der Waals surface area contributed by atoms with Crippen molar-refractivity contribution in [1.82, 2.24) is 0 Å². The number of ether oxygens (including phenoxy) is 4. The van der Waals surface area contributed by atoms with Crippen LogP contribution in [0.1, 0.15) is 29.2 Å². The zero-order valence-electron chi connectivity index (χ0n) is 16.9. The van der Waals surface area contributed by atoms with Crippen molar-refractivity contribution >= 4 is 0 Å². The van der Waals surface area contributed by atoms with Crippen LogP contribution >= 0.6 is 0 Å². The third-order valence-electron chi connectivity index (χ3n) is 6.40. The van der Waals surface area contributed by atoms with Crippen LogP contribution in [0.5, 0.6) is 5.75 Å². The molecule has 3 aliphatic heterocycles. The van der Waals surface area contributed by atoms with Crippen LogP contribution in [0.3, 0.4) is 0 Å². The molecule has 7 heteroatoms. The molecular weight excluding hydrogens is 388 g/mol. The van der Waals surface area contributed by atoms with Gasteiger partial charge in [-0.15, -0.1) is 0 Å². The number of hydrogen-bond acceptors (Lipinski definition) is 7. The Bertz CT molecular complexity index is 945. The molecule has 3 saturated heterocycles. The molecule has 6 atom stereocenters. The summed E-state index contributed by atoms with van der Waals surface area (Å²) in [5, 5.41) is 31.7. The van der Waals surface area contributed by atoms with Gasteiger partial charge in [0.2, 0.25) is 5.79 Å². The smallest absolute Gasteiger partial charge is 0.227 e. The fourth-order valence-electron chi connectivity index (χ4n) is 4.56. The number of hydrogen-bond donors (Lipinski definition) is 3. The number of benzene rings is 2. The monoisotopic (exact) mass is 414 g/mol. The van der Waals surface area contributed by atoms with Gasteiger partial charge in [0.15, 0.2) is 11.9 Å². The largest absolute Gasteiger partial charge is 0.494 e. The summed E-state index contributed by atoms with van der Waals surface area (Å²) in [5.41, 5.74) is 2.68. The van der Waals surface area contributed by atoms with Gasteiger partial charge in [0, 0.05) is 5.56 Å². The average Bonchev–Trinajstić information content (AvgIpc) is 2.96. The highest BCUT2D eigenvalue weighted by atomic mass is 16.9. The lowest BCUT2D eigenvalue weighted by molar-refractivity contribution is -0.339. The Morgan fingerprint density at radius 1 is 1.07 bits per heavy atom. The maximum absolute atomic E-state index is 10.8. The number of rotatable bonds is 5. The van der Waals surface area contributed by atoms with Gasteiger partial charge in [-0.3, -0.25) is 0 Å². The number of aryl methyl sites for hydroxylation is 1. The van der Waals surface area contributed by atoms with Gasteiger partial charge in [-0.05, 0) is 55.2 Å². The third-order valence-corrected chi connectivity index (χ3v) is 6.40. The molecule has 0 amide bonds. The average molecular weight is 414 g/mol. The van der Waals surface area contributed by atoms with E-state index >= 15 is 0 Å². The van der Waals surface area contributed by atoms with Crippen LogP contribution < -0.4 is 4.74 Å². The van der Waals surface area contributed by atoms with Crippen molar-refractivity contribution in [3.63, 3.8) is 0 Å². The van der Waals surface area contributed by atoms with Crippen LogP contribution in [-0.4, -0.2) is 58.7 Å². The molecule has 1 spiro atoms. The second-order valence-electron chi connectivity index (χ2n) is 8.26. The van der Waals surface area contributed by atoms with Gasteiger partial charge in [0.1, 0.15) is 24.1 Å². The summed E-state index contributed by atoms with van der Waals surface area (Å²) in [5.74, 6) is -0.752. The Morgan fingerprint density at radius 3 is 2.50 bits per heavy atom. The minimum atomic E-state index is -1.58. The molecule has 3 heterocycles. The predicted octanol–water partition coefficient (Wildman–Crippen LogP) is 1.38. The number of fused-ring (bicyclic) bond motifs is 1. The van der Waals surface area contributed by atoms with Gasteiger partial charge < -0.3 is 34.3 Å². The second kappa shape index (κ2) is 7.02. The molecule has 2 bridgehead atoms. The van der Waals surface area contributed by atoms with Crippen molar-refractivity contribution in [1.29, 1.82) is 0 Å². The van der Waals surface area contributed by atoms with Crippen LogP contribution in [0.15, 0.2) is 42.5 Å². The van der Waals surface area contributed by atoms with E-state index in [0.717, 1.165) is 22.4 Å². The summed E-state index contributed by atoms with van der Waals surface area (Å²) in [6.07, 6.45) is -4.28. The molecule has 3 aliphatic rings. The summed E-state index contributed by atoms with van der Waals surface area (Å²) >= 11 is 0. The number of aliphatic hydroxyl groups is 3. The maximum atomic E-state index is 10.8. The molecule has 0 aliphatic carbocycles. The van der Waals surface area contributed by atoms with E-state index in [1.165, 1.54) is 0 Å². The van der Waals surface area contributed by atoms with E-state index in [9.17, 15) is 15.3 Å². The van der Waals surface area contributed by atoms with E-state index in [1.807, 2.05) is 56.3 Å². The van der Waals surface area contributed by atoms with Gasteiger partial charge in [-0.1, -0.05) is 24.3 Å². The summed E-state index contributed by atoms with van der Waals surface area (Å²) in [6, 6.07) is 13.6. The highest BCUT2D eigenvalue weighted by Crippen LogP contribution is 2.56. The molecule has 0 radical (unpaired) electrons. The van der Waals surface area contributed by atoms with Crippen LogP contribution in [-0.2, 0) is 26.4 Å². The summed E-state index contributed by atoms with van der Waals surface area (Å²) in [7, 11) is 0. The molecule has 0 saturated carbocycles. The first kappa shape index (κ1) is 19.9. The first-order chi connectivity index (χ1) is 14.4. The van der Waals surface area contributed by atoms with Crippen LogP contribution in [0.25, 0.3) is 0 Å². The first-order valence-electron chi connectivity index (χ1n) is 10.2. The molecule has 0 aromatic heterocycles. The maximum Gasteiger partial charge on any atom is 0.227 e. The van der Waals surface area contributed by atoms with Crippen molar-refractivity contribution in [2.75, 3.05) is 13.2 Å². The molecule has 5 rings (SSSR count). The molecule has 1 unspecified atom stereocenters. The fourth-order valence-corrected chi connectivity index (χ4v) is 4.56. The lowest BCUT2D eigenvalue weighted by Crippen LogP contribution is -2.71. The minimum absolute atomic E-state index is 0.106. The second-order valence-corrected chi connectivity index (χ2v) is 8.26. The van der Waals surface area contributed by atoms with E-state index in [2.05, 4.69) is 0 Å². The third kappa shape index (κ3) is 2.74. The quantitative estimate of drug-likeness (QED) is 0.680. The van der Waals surface area contributed by atoms with E-state index in [1.54, 1.807) is 0 Å². The van der Waals surface area contributed by atoms with E-state index < -0.39 is 36.0 Å². The minimum Gasteiger partial charge on any atom is -0.494 e. The molecule has 2 aromatic rings. The molecule has 160 valence electrons. The molecule has 3 fully saturated rings. The molecular formula is C23H26O7. The Hall–Kier alpha value is -2.00. The van der Waals surface area contributed by atoms with Crippen molar-refractivity contribution in [2.24, 2.45) is 0 Å². The van der Waals surface area contributed by atoms with Crippen molar-refractivity contribution in [3.8, 4) is 5.75 Å². The summed E-state index contributed by atoms with van der Waals surface area (Å²) < 4.78 is 23.0. The number of aliphatic hydroxyl groups excluding tert-OH is 3. The first-order valence-corrected chi connectivity index (χ1v) is 10.2. The van der Waals surface area contributed by atoms with Crippen LogP contribution in [0.4, 0.5) is 0 Å². The lowest BCUT2D eigenvalue weighted by atomic mass is 9.81. The van der Waals surface area contributed by atoms with Gasteiger partial charge in [0.05, 0.1) is 13.2 Å². The molecule has 2 aromatic carbocycles. The van der Waals surface area contributed by atoms with E-state index in [-0.39, 0.29) is 6.61 Å². The Balaban J connectivity index is 1.47. The SMILES string of the molecule is CCOc1ccc(Cc2cc([C@]34OC5OC[C@@]5(O3)[C@@H](O)[C@H](O)[C@H]4O)ccc2C)cc1. The molecule has 30 heavy (non-hydrogen) atoms. The fraction of sp³-hybridized carbons (Fsp3) is 0.478. The summed E-state index contributed by atoms with van der Waals surface area (Å²) in [6.45, 7) is 4.70. The topological polar surface area (TPSA) is 97.6 Å². The van der Waals surface area contributed by atoms with Crippen molar-refractivity contribution in [2.45, 2.75) is 56.3 Å². The van der Waals surface area contributed by atoms with E-state index in [4.69, 9.17) is 18.9 Å². The highest BCUT2D eigenvalue weighted by Gasteiger charge is 2.76. The van der Waals surface area contributed by atoms with Gasteiger partial charge in [-0.25, -0.2) is 0 Å². The van der Waals surface area contributed by atoms with E-state index in [0.29, 0.717) is 18.6 Å². The lowest BCUT2D eigenvalue weighted by Gasteiger charge is -2.49. The van der Waals surface area contributed by atoms with Gasteiger partial charge in [0.25, 0.3) is 0 Å². The molecule has 7 nitrogen and oxygen atoms in total. The van der Waals surface area contributed by atoms with Crippen LogP contribution in [0.2, 0.25) is 0 Å².